The summed E-state index contributed by atoms with van der Waals surface area (Å²) in [5.41, 5.74) is 6.47. The quantitative estimate of drug-likeness (QED) is 0.851. The van der Waals surface area contributed by atoms with Crippen LogP contribution in [-0.4, -0.2) is 12.6 Å². The normalized spacial score (nSPS) is 18.3. The lowest BCUT2D eigenvalue weighted by atomic mass is 9.85. The number of nitrogens with one attached hydrogen (secondary N) is 1. The lowest BCUT2D eigenvalue weighted by Crippen LogP contribution is -2.31. The maximum atomic E-state index is 13.2. The highest BCUT2D eigenvalue weighted by molar-refractivity contribution is 6.33. The summed E-state index contributed by atoms with van der Waals surface area (Å²) >= 11 is 6.07. The van der Waals surface area contributed by atoms with Crippen LogP contribution < -0.4 is 11.1 Å². The molecule has 1 fully saturated rings. The summed E-state index contributed by atoms with van der Waals surface area (Å²) in [6, 6.07) is 4.55. The van der Waals surface area contributed by atoms with E-state index < -0.39 is 0 Å². The molecule has 4 heteroatoms. The zero-order valence-electron chi connectivity index (χ0n) is 11.2. The van der Waals surface area contributed by atoms with Gasteiger partial charge in [-0.1, -0.05) is 43.7 Å². The summed E-state index contributed by atoms with van der Waals surface area (Å²) in [5, 5.41) is 3.83. The molecule has 2 nitrogen and oxygen atoms in total. The molecule has 1 aliphatic rings. The maximum Gasteiger partial charge on any atom is 0.125 e. The van der Waals surface area contributed by atoms with Crippen molar-refractivity contribution in [3.63, 3.8) is 0 Å². The molecule has 1 aliphatic carbocycles. The molecule has 3 N–H and O–H groups in total. The maximum absolute atomic E-state index is 13.2. The zero-order valence-corrected chi connectivity index (χ0v) is 11.9. The van der Waals surface area contributed by atoms with Gasteiger partial charge in [-0.05, 0) is 30.5 Å². The molecule has 0 bridgehead atoms. The van der Waals surface area contributed by atoms with Crippen molar-refractivity contribution >= 4 is 17.3 Å². The third kappa shape index (κ3) is 4.36. The van der Waals surface area contributed by atoms with Gasteiger partial charge in [-0.15, -0.1) is 0 Å². The SMILES string of the molecule is NCC(CC1CCCCC1)Nc1cc(F)ccc1Cl. The van der Waals surface area contributed by atoms with Gasteiger partial charge in [0.25, 0.3) is 0 Å². The summed E-state index contributed by atoms with van der Waals surface area (Å²) in [6.45, 7) is 0.545. The van der Waals surface area contributed by atoms with Gasteiger partial charge in [-0.3, -0.25) is 0 Å². The van der Waals surface area contributed by atoms with Gasteiger partial charge >= 0.3 is 0 Å². The summed E-state index contributed by atoms with van der Waals surface area (Å²) in [6.07, 6.45) is 7.62. The van der Waals surface area contributed by atoms with Gasteiger partial charge in [0, 0.05) is 12.6 Å². The third-order valence-corrected chi connectivity index (χ3v) is 4.24. The lowest BCUT2D eigenvalue weighted by Gasteiger charge is -2.27. The van der Waals surface area contributed by atoms with Crippen molar-refractivity contribution in [2.24, 2.45) is 11.7 Å². The average molecular weight is 285 g/mol. The molecule has 2 rings (SSSR count). The Morgan fingerprint density at radius 1 is 1.32 bits per heavy atom. The smallest absolute Gasteiger partial charge is 0.125 e. The van der Waals surface area contributed by atoms with Crippen LogP contribution in [0.4, 0.5) is 10.1 Å². The topological polar surface area (TPSA) is 38.0 Å². The number of hydrogen-bond donors (Lipinski definition) is 2. The molecule has 0 radical (unpaired) electrons. The molecule has 106 valence electrons. The minimum atomic E-state index is -0.277. The van der Waals surface area contributed by atoms with E-state index in [-0.39, 0.29) is 11.9 Å². The van der Waals surface area contributed by atoms with Gasteiger partial charge in [0.2, 0.25) is 0 Å². The van der Waals surface area contributed by atoms with E-state index in [1.807, 2.05) is 0 Å². The van der Waals surface area contributed by atoms with E-state index in [1.165, 1.54) is 44.2 Å². The highest BCUT2D eigenvalue weighted by Crippen LogP contribution is 2.29. The first-order valence-corrected chi connectivity index (χ1v) is 7.48. The van der Waals surface area contributed by atoms with E-state index >= 15 is 0 Å². The Morgan fingerprint density at radius 2 is 2.05 bits per heavy atom. The molecule has 1 unspecified atom stereocenters. The van der Waals surface area contributed by atoms with Crippen LogP contribution in [0.1, 0.15) is 38.5 Å². The first kappa shape index (κ1) is 14.6. The van der Waals surface area contributed by atoms with E-state index in [0.717, 1.165) is 12.3 Å². The van der Waals surface area contributed by atoms with E-state index in [0.29, 0.717) is 17.3 Å². The molecule has 1 saturated carbocycles. The fourth-order valence-corrected chi connectivity index (χ4v) is 3.04. The van der Waals surface area contributed by atoms with Crippen LogP contribution in [0.25, 0.3) is 0 Å². The highest BCUT2D eigenvalue weighted by Gasteiger charge is 2.18. The molecule has 0 aromatic heterocycles. The van der Waals surface area contributed by atoms with E-state index in [2.05, 4.69) is 5.32 Å². The Hall–Kier alpha value is -0.800. The summed E-state index contributed by atoms with van der Waals surface area (Å²) in [4.78, 5) is 0. The summed E-state index contributed by atoms with van der Waals surface area (Å²) < 4.78 is 13.2. The number of benzene rings is 1. The van der Waals surface area contributed by atoms with Gasteiger partial charge in [-0.25, -0.2) is 4.39 Å². The monoisotopic (exact) mass is 284 g/mol. The van der Waals surface area contributed by atoms with Gasteiger partial charge in [-0.2, -0.15) is 0 Å². The largest absolute Gasteiger partial charge is 0.380 e. The molecule has 0 amide bonds. The molecule has 1 aromatic carbocycles. The van der Waals surface area contributed by atoms with Crippen molar-refractivity contribution in [2.45, 2.75) is 44.6 Å². The first-order chi connectivity index (χ1) is 9.19. The Bertz CT molecular complexity index is 405. The van der Waals surface area contributed by atoms with Crippen LogP contribution in [0, 0.1) is 11.7 Å². The van der Waals surface area contributed by atoms with Crippen LogP contribution in [0.2, 0.25) is 5.02 Å². The van der Waals surface area contributed by atoms with Crippen LogP contribution >= 0.6 is 11.6 Å². The molecular weight excluding hydrogens is 263 g/mol. The van der Waals surface area contributed by atoms with Crippen LogP contribution in [-0.2, 0) is 0 Å². The summed E-state index contributed by atoms with van der Waals surface area (Å²) in [5.74, 6) is 0.461. The van der Waals surface area contributed by atoms with Crippen LogP contribution in [0.3, 0.4) is 0 Å². The van der Waals surface area contributed by atoms with Crippen molar-refractivity contribution in [2.75, 3.05) is 11.9 Å². The minimum absolute atomic E-state index is 0.169. The number of hydrogen-bond acceptors (Lipinski definition) is 2. The molecule has 19 heavy (non-hydrogen) atoms. The van der Waals surface area contributed by atoms with Gasteiger partial charge in [0.1, 0.15) is 5.82 Å². The van der Waals surface area contributed by atoms with Crippen LogP contribution in [0.5, 0.6) is 0 Å². The molecule has 0 spiro atoms. The Kier molecular flexibility index (Phi) is 5.46. The van der Waals surface area contributed by atoms with Gasteiger partial charge in [0.15, 0.2) is 0 Å². The van der Waals surface area contributed by atoms with E-state index in [4.69, 9.17) is 17.3 Å². The molecule has 1 atom stereocenters. The fourth-order valence-electron chi connectivity index (χ4n) is 2.87. The summed E-state index contributed by atoms with van der Waals surface area (Å²) in [7, 11) is 0. The molecule has 0 heterocycles. The molecular formula is C15H22ClFN2. The zero-order chi connectivity index (χ0) is 13.7. The van der Waals surface area contributed by atoms with Crippen molar-refractivity contribution in [3.05, 3.63) is 29.0 Å². The fraction of sp³-hybridized carbons (Fsp3) is 0.600. The number of nitrogens with two attached hydrogens (primary N) is 1. The van der Waals surface area contributed by atoms with E-state index in [9.17, 15) is 4.39 Å². The average Bonchev–Trinajstić information content (AvgIpc) is 2.43. The Labute approximate surface area is 119 Å². The number of rotatable bonds is 5. The first-order valence-electron chi connectivity index (χ1n) is 7.10. The lowest BCUT2D eigenvalue weighted by molar-refractivity contribution is 0.324. The highest BCUT2D eigenvalue weighted by atomic mass is 35.5. The Balaban J connectivity index is 1.95. The van der Waals surface area contributed by atoms with Crippen molar-refractivity contribution in [1.82, 2.24) is 0 Å². The predicted octanol–water partition coefficient (Wildman–Crippen LogP) is 4.19. The third-order valence-electron chi connectivity index (χ3n) is 3.92. The number of halogens is 2. The Morgan fingerprint density at radius 3 is 2.74 bits per heavy atom. The van der Waals surface area contributed by atoms with Crippen molar-refractivity contribution < 1.29 is 4.39 Å². The second-order valence-electron chi connectivity index (χ2n) is 5.44. The predicted molar refractivity (Wildman–Crippen MR) is 79.1 cm³/mol. The second kappa shape index (κ2) is 7.11. The standard InChI is InChI=1S/C15H22ClFN2/c16-14-7-6-12(17)9-15(14)19-13(10-18)8-11-4-2-1-3-5-11/h6-7,9,11,13,19H,1-5,8,10,18H2. The van der Waals surface area contributed by atoms with Crippen LogP contribution in [0.15, 0.2) is 18.2 Å². The van der Waals surface area contributed by atoms with Crippen molar-refractivity contribution in [1.29, 1.82) is 0 Å². The number of anilines is 1. The van der Waals surface area contributed by atoms with E-state index in [1.54, 1.807) is 6.07 Å². The van der Waals surface area contributed by atoms with Gasteiger partial charge < -0.3 is 11.1 Å². The van der Waals surface area contributed by atoms with Crippen molar-refractivity contribution in [3.8, 4) is 0 Å². The van der Waals surface area contributed by atoms with Gasteiger partial charge in [0.05, 0.1) is 10.7 Å². The molecule has 0 saturated heterocycles. The minimum Gasteiger partial charge on any atom is -0.380 e. The molecule has 1 aromatic rings. The second-order valence-corrected chi connectivity index (χ2v) is 5.85. The molecule has 0 aliphatic heterocycles.